The van der Waals surface area contributed by atoms with Crippen LogP contribution in [0.4, 0.5) is 0 Å². The molecule has 0 fully saturated rings. The molecule has 0 N–H and O–H groups in total. The van der Waals surface area contributed by atoms with Gasteiger partial charge in [-0.15, -0.1) is 0 Å². The summed E-state index contributed by atoms with van der Waals surface area (Å²) in [5.74, 6) is 0. The fourth-order valence-electron chi connectivity index (χ4n) is 19.3. The lowest BCUT2D eigenvalue weighted by Crippen LogP contribution is -1.98. The first-order valence-corrected chi connectivity index (χ1v) is 46.3. The molecule has 3 heteroatoms. The van der Waals surface area contributed by atoms with Gasteiger partial charge in [0.2, 0.25) is 0 Å². The minimum atomic E-state index is 1.13. The zero-order chi connectivity index (χ0) is 90.0. The van der Waals surface area contributed by atoms with Gasteiger partial charge < -0.3 is 13.7 Å². The largest absolute Gasteiger partial charge is 0.309 e. The Morgan fingerprint density at radius 1 is 0.0963 bits per heavy atom. The lowest BCUT2D eigenvalue weighted by Gasteiger charge is -2.15. The number of hydrogen-bond acceptors (Lipinski definition) is 0. The zero-order valence-corrected chi connectivity index (χ0v) is 74.5. The first-order valence-electron chi connectivity index (χ1n) is 46.3. The molecule has 0 bridgehead atoms. The molecule has 3 aromatic heterocycles. The fraction of sp³-hybridized carbons (Fsp3) is 0. The summed E-state index contributed by atoms with van der Waals surface area (Å²) in [6.45, 7) is 0. The second kappa shape index (κ2) is 38.1. The van der Waals surface area contributed by atoms with Crippen molar-refractivity contribution in [1.82, 2.24) is 13.7 Å². The van der Waals surface area contributed by atoms with Crippen molar-refractivity contribution in [3.05, 3.63) is 564 Å². The van der Waals surface area contributed by atoms with Crippen molar-refractivity contribution in [2.45, 2.75) is 0 Å². The van der Waals surface area contributed by atoms with Crippen LogP contribution in [0.15, 0.2) is 564 Å². The second-order valence-electron chi connectivity index (χ2n) is 34.1. The van der Waals surface area contributed by atoms with E-state index in [1.165, 1.54) is 200 Å². The SMILES string of the molecule is c1ccc(-c2ccc(-c3c(-c4ccccc4)c4cc(-c5ccccc5)ccc4n3-c3ccc(-c4ccccc4)cc3)cc2)cc1.c1ccc(-c2ccc(-c3ccc4c(c3)c(-c3ccc(-c5ccccc5)cc3)c(-c3ccccc3)n4-c3ccc(-c4ccccc4)cc3)cc2)cc1.c1ccc(-c2ccc(-n3c(-c4ccccc4)c(-c4ccccc4)c4cc(-c5ccccc5)ccc43)cc2)cc1. The summed E-state index contributed by atoms with van der Waals surface area (Å²) in [6, 6.07) is 203. The van der Waals surface area contributed by atoms with Gasteiger partial charge in [0.05, 0.1) is 33.6 Å². The van der Waals surface area contributed by atoms with Gasteiger partial charge in [-0.1, -0.05) is 491 Å². The molecule has 21 aromatic carbocycles. The van der Waals surface area contributed by atoms with Gasteiger partial charge >= 0.3 is 0 Å². The van der Waals surface area contributed by atoms with Gasteiger partial charge in [0.1, 0.15) is 0 Å². The first kappa shape index (κ1) is 82.9. The van der Waals surface area contributed by atoms with E-state index < -0.39 is 0 Å². The molecule has 24 rings (SSSR count). The fourth-order valence-corrected chi connectivity index (χ4v) is 19.3. The smallest absolute Gasteiger partial charge is 0.0619 e. The molecule has 24 aromatic rings. The molecule has 0 unspecified atom stereocenters. The number of benzene rings is 21. The maximum absolute atomic E-state index is 2.45. The molecule has 0 atom stereocenters. The molecule has 0 spiro atoms. The van der Waals surface area contributed by atoms with E-state index >= 15 is 0 Å². The monoisotopic (exact) mass is 1720 g/mol. The maximum Gasteiger partial charge on any atom is 0.0619 e. The molecule has 0 aliphatic heterocycles. The van der Waals surface area contributed by atoms with Crippen LogP contribution in [0.5, 0.6) is 0 Å². The third-order valence-corrected chi connectivity index (χ3v) is 25.9. The van der Waals surface area contributed by atoms with E-state index in [2.05, 4.69) is 578 Å². The van der Waals surface area contributed by atoms with Crippen molar-refractivity contribution < 1.29 is 0 Å². The average Bonchev–Trinajstić information content (AvgIpc) is 1.59. The van der Waals surface area contributed by atoms with Crippen LogP contribution in [-0.4, -0.2) is 13.7 Å². The summed E-state index contributed by atoms with van der Waals surface area (Å²) in [5.41, 5.74) is 43.3. The van der Waals surface area contributed by atoms with Gasteiger partial charge in [-0.25, -0.2) is 0 Å². The third kappa shape index (κ3) is 17.2. The molecule has 0 saturated heterocycles. The van der Waals surface area contributed by atoms with E-state index in [4.69, 9.17) is 0 Å². The van der Waals surface area contributed by atoms with E-state index in [9.17, 15) is 0 Å². The zero-order valence-electron chi connectivity index (χ0n) is 74.5. The van der Waals surface area contributed by atoms with Crippen LogP contribution in [-0.2, 0) is 0 Å². The summed E-state index contributed by atoms with van der Waals surface area (Å²) in [4.78, 5) is 0. The molecule has 0 saturated carbocycles. The summed E-state index contributed by atoms with van der Waals surface area (Å²) < 4.78 is 7.32. The minimum absolute atomic E-state index is 1.13. The second-order valence-corrected chi connectivity index (χ2v) is 34.1. The molecule has 0 aliphatic carbocycles. The number of fused-ring (bicyclic) bond motifs is 3. The summed E-state index contributed by atoms with van der Waals surface area (Å²) >= 11 is 0. The van der Waals surface area contributed by atoms with Crippen molar-refractivity contribution in [2.75, 3.05) is 0 Å². The molecule has 3 nitrogen and oxygen atoms in total. The Bertz CT molecular complexity index is 8140. The van der Waals surface area contributed by atoms with Gasteiger partial charge in [0.15, 0.2) is 0 Å². The van der Waals surface area contributed by atoms with Crippen molar-refractivity contribution in [3.63, 3.8) is 0 Å². The molecular formula is C132H93N3. The average molecular weight is 1720 g/mol. The highest BCUT2D eigenvalue weighted by atomic mass is 15.0. The quantitative estimate of drug-likeness (QED) is 0.0813. The van der Waals surface area contributed by atoms with Crippen molar-refractivity contribution in [3.8, 4) is 184 Å². The first-order chi connectivity index (χ1) is 67.0. The van der Waals surface area contributed by atoms with Crippen LogP contribution in [0.2, 0.25) is 0 Å². The molecular weight excluding hydrogens is 1630 g/mol. The van der Waals surface area contributed by atoms with E-state index in [1.54, 1.807) is 0 Å². The van der Waals surface area contributed by atoms with Crippen molar-refractivity contribution in [1.29, 1.82) is 0 Å². The topological polar surface area (TPSA) is 14.8 Å². The van der Waals surface area contributed by atoms with E-state index in [0.717, 1.165) is 17.1 Å². The Hall–Kier alpha value is -17.8. The third-order valence-electron chi connectivity index (χ3n) is 25.9. The molecule has 0 aliphatic rings. The number of aromatic nitrogens is 3. The standard InChI is InChI=1S/C50H35N.C44H31N.C38H27N/c1-5-13-36(14-6-1)39-21-23-42(24-22-39)45-31-34-48-47(35-45)49(43-27-25-40(26-28-43)37-15-7-2-8-16-37)50(44-19-11-4-12-20-44)51(48)46-32-29-41(30-33-46)38-17-9-3-10-18-38;1-5-13-32(14-6-1)35-21-23-38(24-22-35)44-43(37-19-11-4-12-20-37)41-31-39(34-17-9-3-10-18-34)27-30-42(41)45(44)40-28-25-36(26-29-40)33-15-7-2-8-16-33;1-5-13-28(14-6-1)30-21-24-34(25-22-30)39-36-26-23-33(29-15-7-2-8-16-29)27-35(36)37(31-17-9-3-10-18-31)38(39)32-19-11-4-12-20-32/h1-35H;1-31H;1-27H. The predicted molar refractivity (Wildman–Crippen MR) is 571 cm³/mol. The number of hydrogen-bond donors (Lipinski definition) is 0. The Morgan fingerprint density at radius 3 is 0.430 bits per heavy atom. The molecule has 0 radical (unpaired) electrons. The van der Waals surface area contributed by atoms with Gasteiger partial charge in [-0.2, -0.15) is 0 Å². The Kier molecular flexibility index (Phi) is 23.4. The van der Waals surface area contributed by atoms with Crippen molar-refractivity contribution >= 4 is 32.7 Å². The minimum Gasteiger partial charge on any atom is -0.309 e. The summed E-state index contributed by atoms with van der Waals surface area (Å²) in [6.07, 6.45) is 0. The number of nitrogens with zero attached hydrogens (tertiary/aromatic N) is 3. The normalized spacial score (nSPS) is 11.1. The highest BCUT2D eigenvalue weighted by Gasteiger charge is 2.27. The highest BCUT2D eigenvalue weighted by molar-refractivity contribution is 6.11. The summed E-state index contributed by atoms with van der Waals surface area (Å²) in [5, 5.41) is 3.70. The van der Waals surface area contributed by atoms with Crippen LogP contribution in [0, 0.1) is 0 Å². The Morgan fingerprint density at radius 2 is 0.222 bits per heavy atom. The highest BCUT2D eigenvalue weighted by Crippen LogP contribution is 2.50. The predicted octanol–water partition coefficient (Wildman–Crippen LogP) is 35.9. The van der Waals surface area contributed by atoms with Crippen LogP contribution in [0.1, 0.15) is 0 Å². The number of rotatable bonds is 18. The van der Waals surface area contributed by atoms with E-state index in [1.807, 2.05) is 0 Å². The van der Waals surface area contributed by atoms with Gasteiger partial charge in [0.25, 0.3) is 0 Å². The molecule has 3 heterocycles. The van der Waals surface area contributed by atoms with E-state index in [-0.39, 0.29) is 0 Å². The van der Waals surface area contributed by atoms with Crippen LogP contribution in [0.25, 0.3) is 217 Å². The molecule has 0 amide bonds. The van der Waals surface area contributed by atoms with Gasteiger partial charge in [0, 0.05) is 49.9 Å². The van der Waals surface area contributed by atoms with Gasteiger partial charge in [-0.05, 0) is 206 Å². The Labute approximate surface area is 789 Å². The van der Waals surface area contributed by atoms with Gasteiger partial charge in [-0.3, -0.25) is 0 Å². The lowest BCUT2D eigenvalue weighted by atomic mass is 9.94. The van der Waals surface area contributed by atoms with Crippen LogP contribution >= 0.6 is 0 Å². The van der Waals surface area contributed by atoms with E-state index in [0.29, 0.717) is 0 Å². The molecule has 135 heavy (non-hydrogen) atoms. The Balaban J connectivity index is 0.000000119. The van der Waals surface area contributed by atoms with Crippen LogP contribution < -0.4 is 0 Å². The summed E-state index contributed by atoms with van der Waals surface area (Å²) in [7, 11) is 0. The van der Waals surface area contributed by atoms with Crippen molar-refractivity contribution in [2.24, 2.45) is 0 Å². The molecule has 636 valence electrons. The van der Waals surface area contributed by atoms with Crippen LogP contribution in [0.3, 0.4) is 0 Å². The maximum atomic E-state index is 2.45. The lowest BCUT2D eigenvalue weighted by molar-refractivity contribution is 1.14.